The summed E-state index contributed by atoms with van der Waals surface area (Å²) in [5, 5.41) is 13.3. The van der Waals surface area contributed by atoms with Crippen LogP contribution < -0.4 is 15.7 Å². The van der Waals surface area contributed by atoms with Crippen molar-refractivity contribution in [1.29, 1.82) is 0 Å². The largest absolute Gasteiger partial charge is 0.482 e. The lowest BCUT2D eigenvalue weighted by Gasteiger charge is -2.08. The first kappa shape index (κ1) is 16.5. The number of H-pyrrole nitrogens is 2. The highest BCUT2D eigenvalue weighted by atomic mass is 35.5. The first-order chi connectivity index (χ1) is 11.9. The molecule has 3 N–H and O–H groups in total. The fourth-order valence-electron chi connectivity index (χ4n) is 2.17. The first-order valence-corrected chi connectivity index (χ1v) is 7.39. The lowest BCUT2D eigenvalue weighted by atomic mass is 10.3. The molecule has 10 heteroatoms. The average Bonchev–Trinajstić information content (AvgIpc) is 2.92. The van der Waals surface area contributed by atoms with Gasteiger partial charge >= 0.3 is 5.69 Å². The molecule has 3 rings (SSSR count). The van der Waals surface area contributed by atoms with Crippen molar-refractivity contribution in [2.45, 2.75) is 0 Å². The van der Waals surface area contributed by atoms with Crippen LogP contribution in [0.1, 0.15) is 0 Å². The third kappa shape index (κ3) is 3.78. The van der Waals surface area contributed by atoms with Crippen LogP contribution in [0.25, 0.3) is 11.0 Å². The zero-order chi connectivity index (χ0) is 18.0. The predicted octanol–water partition coefficient (Wildman–Crippen LogP) is 2.44. The van der Waals surface area contributed by atoms with Gasteiger partial charge in [-0.3, -0.25) is 14.9 Å². The summed E-state index contributed by atoms with van der Waals surface area (Å²) < 4.78 is 5.27. The molecule has 0 saturated carbocycles. The van der Waals surface area contributed by atoms with E-state index in [-0.39, 0.29) is 28.8 Å². The first-order valence-electron chi connectivity index (χ1n) is 7.01. The van der Waals surface area contributed by atoms with E-state index in [1.54, 1.807) is 18.2 Å². The summed E-state index contributed by atoms with van der Waals surface area (Å²) in [7, 11) is 0. The van der Waals surface area contributed by atoms with Gasteiger partial charge in [0.2, 0.25) is 0 Å². The third-order valence-corrected chi connectivity index (χ3v) is 3.58. The minimum absolute atomic E-state index is 0.0355. The minimum Gasteiger partial charge on any atom is -0.482 e. The molecule has 25 heavy (non-hydrogen) atoms. The van der Waals surface area contributed by atoms with E-state index >= 15 is 0 Å². The number of imidazole rings is 1. The number of halogens is 1. The molecule has 128 valence electrons. The van der Waals surface area contributed by atoms with Crippen LogP contribution in [0.15, 0.2) is 41.2 Å². The molecule has 0 radical (unpaired) electrons. The van der Waals surface area contributed by atoms with E-state index in [0.717, 1.165) is 6.07 Å². The molecular formula is C15H11ClN4O5. The normalized spacial score (nSPS) is 10.6. The van der Waals surface area contributed by atoms with E-state index in [0.29, 0.717) is 16.7 Å². The Morgan fingerprint density at radius 2 is 1.96 bits per heavy atom. The smallest absolute Gasteiger partial charge is 0.323 e. The Morgan fingerprint density at radius 3 is 2.68 bits per heavy atom. The maximum absolute atomic E-state index is 11.9. The van der Waals surface area contributed by atoms with Crippen molar-refractivity contribution in [2.75, 3.05) is 11.9 Å². The number of anilines is 1. The van der Waals surface area contributed by atoms with E-state index in [1.807, 2.05) is 0 Å². The van der Waals surface area contributed by atoms with Gasteiger partial charge in [-0.25, -0.2) is 4.79 Å². The molecule has 0 bridgehead atoms. The summed E-state index contributed by atoms with van der Waals surface area (Å²) in [6.07, 6.45) is 0. The lowest BCUT2D eigenvalue weighted by Crippen LogP contribution is -2.20. The summed E-state index contributed by atoms with van der Waals surface area (Å²) in [4.78, 5) is 38.4. The molecule has 0 saturated heterocycles. The summed E-state index contributed by atoms with van der Waals surface area (Å²) in [5.41, 5.74) is 1.15. The van der Waals surface area contributed by atoms with Gasteiger partial charge in [-0.1, -0.05) is 11.6 Å². The van der Waals surface area contributed by atoms with Crippen molar-refractivity contribution in [2.24, 2.45) is 0 Å². The highest BCUT2D eigenvalue weighted by Crippen LogP contribution is 2.28. The number of nitrogens with one attached hydrogen (secondary N) is 3. The van der Waals surface area contributed by atoms with Gasteiger partial charge in [-0.2, -0.15) is 0 Å². The molecule has 0 unspecified atom stereocenters. The van der Waals surface area contributed by atoms with Crippen molar-refractivity contribution in [3.63, 3.8) is 0 Å². The number of rotatable bonds is 5. The van der Waals surface area contributed by atoms with Crippen LogP contribution in [0.5, 0.6) is 5.75 Å². The maximum Gasteiger partial charge on any atom is 0.323 e. The minimum atomic E-state index is -0.580. The predicted molar refractivity (Wildman–Crippen MR) is 91.2 cm³/mol. The van der Waals surface area contributed by atoms with Crippen molar-refractivity contribution < 1.29 is 14.5 Å². The van der Waals surface area contributed by atoms with Gasteiger partial charge in [-0.05, 0) is 24.3 Å². The number of aromatic nitrogens is 2. The van der Waals surface area contributed by atoms with Crippen molar-refractivity contribution in [1.82, 2.24) is 9.97 Å². The quantitative estimate of drug-likeness (QED) is 0.474. The highest BCUT2D eigenvalue weighted by molar-refractivity contribution is 6.32. The number of carbonyl (C=O) groups is 1. The number of hydrogen-bond acceptors (Lipinski definition) is 5. The fourth-order valence-corrected chi connectivity index (χ4v) is 2.40. The number of nitro groups is 1. The number of non-ortho nitro benzene ring substituents is 1. The molecule has 1 heterocycles. The van der Waals surface area contributed by atoms with E-state index in [9.17, 15) is 19.7 Å². The second-order valence-electron chi connectivity index (χ2n) is 5.05. The Morgan fingerprint density at radius 1 is 1.20 bits per heavy atom. The van der Waals surface area contributed by atoms with E-state index in [1.165, 1.54) is 12.1 Å². The average molecular weight is 363 g/mol. The number of fused-ring (bicyclic) bond motifs is 1. The zero-order valence-electron chi connectivity index (χ0n) is 12.5. The second-order valence-corrected chi connectivity index (χ2v) is 5.46. The number of ether oxygens (including phenoxy) is 1. The molecule has 9 nitrogen and oxygen atoms in total. The van der Waals surface area contributed by atoms with Crippen molar-refractivity contribution in [3.8, 4) is 5.75 Å². The number of amides is 1. The number of nitro benzene ring substituents is 1. The van der Waals surface area contributed by atoms with E-state index in [2.05, 4.69) is 15.3 Å². The molecule has 0 aliphatic carbocycles. The van der Waals surface area contributed by atoms with Crippen LogP contribution in [0, 0.1) is 10.1 Å². The second kappa shape index (κ2) is 6.65. The fraction of sp³-hybridized carbons (Fsp3) is 0.0667. The van der Waals surface area contributed by atoms with Crippen molar-refractivity contribution in [3.05, 3.63) is 62.0 Å². The molecule has 0 spiro atoms. The number of hydrogen-bond donors (Lipinski definition) is 3. The van der Waals surface area contributed by atoms with Gasteiger partial charge in [0.15, 0.2) is 6.61 Å². The summed E-state index contributed by atoms with van der Waals surface area (Å²) in [6.45, 7) is -0.334. The summed E-state index contributed by atoms with van der Waals surface area (Å²) in [5.74, 6) is -0.292. The van der Waals surface area contributed by atoms with E-state index < -0.39 is 10.8 Å². The lowest BCUT2D eigenvalue weighted by molar-refractivity contribution is -0.384. The number of benzene rings is 2. The molecular weight excluding hydrogens is 352 g/mol. The van der Waals surface area contributed by atoms with Crippen LogP contribution in [-0.2, 0) is 4.79 Å². The number of aromatic amines is 2. The van der Waals surface area contributed by atoms with Crippen LogP contribution in [-0.4, -0.2) is 27.4 Å². The van der Waals surface area contributed by atoms with Crippen LogP contribution in [0.4, 0.5) is 11.4 Å². The van der Waals surface area contributed by atoms with Crippen LogP contribution in [0.3, 0.4) is 0 Å². The Labute approximate surface area is 144 Å². The summed E-state index contributed by atoms with van der Waals surface area (Å²) >= 11 is 5.89. The van der Waals surface area contributed by atoms with Gasteiger partial charge in [0.25, 0.3) is 11.6 Å². The topological polar surface area (TPSA) is 130 Å². The Kier molecular flexibility index (Phi) is 4.40. The SMILES string of the molecule is O=C(COc1ccc([N+](=O)[O-])cc1Cl)Nc1ccc2[nH]c(=O)[nH]c2c1. The molecule has 3 aromatic rings. The standard InChI is InChI=1S/C15H11ClN4O5/c16-10-6-9(20(23)24)2-4-13(10)25-7-14(21)17-8-1-3-11-12(5-8)19-15(22)18-11/h1-6H,7H2,(H,17,21)(H2,18,19,22). The maximum atomic E-state index is 11.9. The van der Waals surface area contributed by atoms with Gasteiger partial charge < -0.3 is 20.0 Å². The van der Waals surface area contributed by atoms with Gasteiger partial charge in [0.05, 0.1) is 21.0 Å². The Bertz CT molecular complexity index is 1030. The van der Waals surface area contributed by atoms with Crippen LogP contribution >= 0.6 is 11.6 Å². The Hall–Kier alpha value is -3.33. The zero-order valence-corrected chi connectivity index (χ0v) is 13.3. The van der Waals surface area contributed by atoms with Crippen molar-refractivity contribution >= 4 is 39.9 Å². The molecule has 0 fully saturated rings. The molecule has 2 aromatic carbocycles. The monoisotopic (exact) mass is 362 g/mol. The highest BCUT2D eigenvalue weighted by Gasteiger charge is 2.12. The molecule has 0 aliphatic heterocycles. The Balaban J connectivity index is 1.64. The third-order valence-electron chi connectivity index (χ3n) is 3.28. The molecule has 1 aromatic heterocycles. The van der Waals surface area contributed by atoms with Gasteiger partial charge in [0, 0.05) is 17.8 Å². The van der Waals surface area contributed by atoms with E-state index in [4.69, 9.17) is 16.3 Å². The molecule has 0 atom stereocenters. The number of carbonyl (C=O) groups excluding carboxylic acids is 1. The molecule has 0 aliphatic rings. The van der Waals surface area contributed by atoms with Crippen LogP contribution in [0.2, 0.25) is 5.02 Å². The van der Waals surface area contributed by atoms with Gasteiger partial charge in [0.1, 0.15) is 5.75 Å². The number of nitrogens with zero attached hydrogens (tertiary/aromatic N) is 1. The van der Waals surface area contributed by atoms with Gasteiger partial charge in [-0.15, -0.1) is 0 Å². The summed E-state index contributed by atoms with van der Waals surface area (Å²) in [6, 6.07) is 8.58. The molecule has 1 amide bonds.